The highest BCUT2D eigenvalue weighted by molar-refractivity contribution is 5.77. The van der Waals surface area contributed by atoms with Crippen LogP contribution in [0, 0.1) is 5.92 Å². The van der Waals surface area contributed by atoms with Crippen molar-refractivity contribution in [3.8, 4) is 0 Å². The largest absolute Gasteiger partial charge is 0.371 e. The Morgan fingerprint density at radius 3 is 2.83 bits per heavy atom. The summed E-state index contributed by atoms with van der Waals surface area (Å²) in [6.07, 6.45) is 7.75. The zero-order valence-corrected chi connectivity index (χ0v) is 14.4. The highest BCUT2D eigenvalue weighted by Crippen LogP contribution is 2.36. The standard InChI is InChI=1S/C18H30N2O3/c1-2-3-6-17(22)20-13-18(14-20)9-8-15(12-23-18)11-19-10-5-4-7-16(19)21/h15H,2-14H2,1H3/t15-/m0/s1. The minimum Gasteiger partial charge on any atom is -0.371 e. The molecule has 0 radical (unpaired) electrons. The molecule has 5 nitrogen and oxygen atoms in total. The lowest BCUT2D eigenvalue weighted by Crippen LogP contribution is -2.66. The van der Waals surface area contributed by atoms with Gasteiger partial charge in [-0.2, -0.15) is 0 Å². The number of nitrogens with zero attached hydrogens (tertiary/aromatic N) is 2. The van der Waals surface area contributed by atoms with Crippen LogP contribution in [0.4, 0.5) is 0 Å². The maximum Gasteiger partial charge on any atom is 0.222 e. The van der Waals surface area contributed by atoms with Crippen molar-refractivity contribution in [3.63, 3.8) is 0 Å². The summed E-state index contributed by atoms with van der Waals surface area (Å²) in [5.74, 6) is 1.06. The van der Waals surface area contributed by atoms with Crippen LogP contribution in [0.25, 0.3) is 0 Å². The summed E-state index contributed by atoms with van der Waals surface area (Å²) >= 11 is 0. The molecule has 0 aromatic heterocycles. The van der Waals surface area contributed by atoms with E-state index in [0.717, 1.165) is 71.3 Å². The molecule has 0 aromatic carbocycles. The number of unbranched alkanes of at least 4 members (excludes halogenated alkanes) is 1. The normalized spacial score (nSPS) is 27.2. The number of hydrogen-bond donors (Lipinski definition) is 0. The van der Waals surface area contributed by atoms with Gasteiger partial charge in [-0.25, -0.2) is 0 Å². The van der Waals surface area contributed by atoms with Crippen LogP contribution in [0.1, 0.15) is 58.3 Å². The zero-order chi connectivity index (χ0) is 16.3. The van der Waals surface area contributed by atoms with Gasteiger partial charge in [0.25, 0.3) is 0 Å². The van der Waals surface area contributed by atoms with Gasteiger partial charge in [-0.3, -0.25) is 9.59 Å². The van der Waals surface area contributed by atoms with Gasteiger partial charge in [0, 0.05) is 31.8 Å². The van der Waals surface area contributed by atoms with Gasteiger partial charge in [0.1, 0.15) is 5.60 Å². The Hall–Kier alpha value is -1.10. The average molecular weight is 322 g/mol. The van der Waals surface area contributed by atoms with Crippen molar-refractivity contribution in [1.82, 2.24) is 9.80 Å². The van der Waals surface area contributed by atoms with Crippen molar-refractivity contribution in [2.75, 3.05) is 32.8 Å². The molecule has 130 valence electrons. The third-order valence-corrected chi connectivity index (χ3v) is 5.59. The molecule has 0 N–H and O–H groups in total. The van der Waals surface area contributed by atoms with Crippen molar-refractivity contribution in [2.24, 2.45) is 5.92 Å². The molecule has 3 heterocycles. The summed E-state index contributed by atoms with van der Waals surface area (Å²) in [4.78, 5) is 27.9. The second-order valence-electron chi connectivity index (χ2n) is 7.55. The second-order valence-corrected chi connectivity index (χ2v) is 7.55. The van der Waals surface area contributed by atoms with Crippen LogP contribution in [0.3, 0.4) is 0 Å². The molecule has 1 atom stereocenters. The summed E-state index contributed by atoms with van der Waals surface area (Å²) in [5, 5.41) is 0. The fourth-order valence-electron chi connectivity index (χ4n) is 3.99. The van der Waals surface area contributed by atoms with Crippen LogP contribution < -0.4 is 0 Å². The van der Waals surface area contributed by atoms with Crippen LogP contribution in [0.5, 0.6) is 0 Å². The lowest BCUT2D eigenvalue weighted by Gasteiger charge is -2.53. The molecule has 0 aromatic rings. The van der Waals surface area contributed by atoms with Crippen molar-refractivity contribution >= 4 is 11.8 Å². The van der Waals surface area contributed by atoms with Crippen LogP contribution >= 0.6 is 0 Å². The van der Waals surface area contributed by atoms with Gasteiger partial charge >= 0.3 is 0 Å². The van der Waals surface area contributed by atoms with E-state index in [0.29, 0.717) is 24.7 Å². The maximum absolute atomic E-state index is 12.0. The predicted molar refractivity (Wildman–Crippen MR) is 87.9 cm³/mol. The number of rotatable bonds is 5. The van der Waals surface area contributed by atoms with E-state index in [1.807, 2.05) is 9.80 Å². The van der Waals surface area contributed by atoms with Gasteiger partial charge < -0.3 is 14.5 Å². The number of hydrogen-bond acceptors (Lipinski definition) is 3. The Bertz CT molecular complexity index is 436. The smallest absolute Gasteiger partial charge is 0.222 e. The summed E-state index contributed by atoms with van der Waals surface area (Å²) in [7, 11) is 0. The van der Waals surface area contributed by atoms with E-state index in [9.17, 15) is 9.59 Å². The van der Waals surface area contributed by atoms with E-state index < -0.39 is 0 Å². The van der Waals surface area contributed by atoms with E-state index in [1.54, 1.807) is 0 Å². The summed E-state index contributed by atoms with van der Waals surface area (Å²) < 4.78 is 6.14. The molecule has 3 aliphatic rings. The molecule has 3 rings (SSSR count). The Morgan fingerprint density at radius 1 is 1.35 bits per heavy atom. The molecule has 5 heteroatoms. The number of ether oxygens (including phenoxy) is 1. The molecule has 0 bridgehead atoms. The first-order valence-electron chi connectivity index (χ1n) is 9.31. The van der Waals surface area contributed by atoms with Gasteiger partial charge in [-0.05, 0) is 32.1 Å². The lowest BCUT2D eigenvalue weighted by molar-refractivity contribution is -0.190. The van der Waals surface area contributed by atoms with Crippen molar-refractivity contribution in [1.29, 1.82) is 0 Å². The van der Waals surface area contributed by atoms with E-state index in [4.69, 9.17) is 4.74 Å². The van der Waals surface area contributed by atoms with Gasteiger partial charge in [-0.1, -0.05) is 13.3 Å². The van der Waals surface area contributed by atoms with Crippen LogP contribution in [0.2, 0.25) is 0 Å². The average Bonchev–Trinajstić information content (AvgIpc) is 2.53. The summed E-state index contributed by atoms with van der Waals surface area (Å²) in [6.45, 7) is 6.16. The predicted octanol–water partition coefficient (Wildman–Crippen LogP) is 2.20. The number of likely N-dealkylation sites (tertiary alicyclic amines) is 2. The molecule has 0 aliphatic carbocycles. The quantitative estimate of drug-likeness (QED) is 0.780. The van der Waals surface area contributed by atoms with Crippen LogP contribution in [0.15, 0.2) is 0 Å². The first kappa shape index (κ1) is 16.7. The van der Waals surface area contributed by atoms with Gasteiger partial charge in [-0.15, -0.1) is 0 Å². The molecule has 0 unspecified atom stereocenters. The molecule has 2 amide bonds. The van der Waals surface area contributed by atoms with Gasteiger partial charge in [0.15, 0.2) is 0 Å². The molecule has 23 heavy (non-hydrogen) atoms. The second kappa shape index (κ2) is 7.20. The molecular weight excluding hydrogens is 292 g/mol. The van der Waals surface area contributed by atoms with E-state index >= 15 is 0 Å². The fourth-order valence-corrected chi connectivity index (χ4v) is 3.99. The lowest BCUT2D eigenvalue weighted by atomic mass is 9.82. The molecule has 1 spiro atoms. The van der Waals surface area contributed by atoms with Crippen LogP contribution in [-0.2, 0) is 14.3 Å². The number of piperidine rings is 1. The number of carbonyl (C=O) groups is 2. The third kappa shape index (κ3) is 3.87. The highest BCUT2D eigenvalue weighted by Gasteiger charge is 2.48. The van der Waals surface area contributed by atoms with E-state index in [-0.39, 0.29) is 11.5 Å². The molecule has 0 saturated carbocycles. The number of carbonyl (C=O) groups excluding carboxylic acids is 2. The third-order valence-electron chi connectivity index (χ3n) is 5.59. The summed E-state index contributed by atoms with van der Waals surface area (Å²) in [5.41, 5.74) is -0.0791. The SMILES string of the molecule is CCCCC(=O)N1CC2(CC[C@@H](CN3CCCCC3=O)CO2)C1. The molecule has 3 saturated heterocycles. The van der Waals surface area contributed by atoms with Crippen LogP contribution in [-0.4, -0.2) is 60.0 Å². The minimum absolute atomic E-state index is 0.0791. The Labute approximate surface area is 139 Å². The van der Waals surface area contributed by atoms with Gasteiger partial charge in [0.05, 0.1) is 19.7 Å². The minimum atomic E-state index is -0.0791. The highest BCUT2D eigenvalue weighted by atomic mass is 16.5. The fraction of sp³-hybridized carbons (Fsp3) is 0.889. The first-order chi connectivity index (χ1) is 11.1. The van der Waals surface area contributed by atoms with Crippen molar-refractivity contribution in [3.05, 3.63) is 0 Å². The first-order valence-corrected chi connectivity index (χ1v) is 9.31. The monoisotopic (exact) mass is 322 g/mol. The molecule has 3 fully saturated rings. The van der Waals surface area contributed by atoms with E-state index in [1.165, 1.54) is 0 Å². The molecule has 3 aliphatic heterocycles. The Balaban J connectivity index is 1.39. The summed E-state index contributed by atoms with van der Waals surface area (Å²) in [6, 6.07) is 0. The topological polar surface area (TPSA) is 49.9 Å². The zero-order valence-electron chi connectivity index (χ0n) is 14.4. The Kier molecular flexibility index (Phi) is 5.24. The molecular formula is C18H30N2O3. The van der Waals surface area contributed by atoms with Crippen molar-refractivity contribution in [2.45, 2.75) is 63.9 Å². The van der Waals surface area contributed by atoms with Gasteiger partial charge in [0.2, 0.25) is 11.8 Å². The maximum atomic E-state index is 12.0. The van der Waals surface area contributed by atoms with Crippen molar-refractivity contribution < 1.29 is 14.3 Å². The van der Waals surface area contributed by atoms with E-state index in [2.05, 4.69) is 6.92 Å². The number of amides is 2. The Morgan fingerprint density at radius 2 is 2.17 bits per heavy atom.